The Morgan fingerprint density at radius 1 is 0.864 bits per heavy atom. The molecule has 0 spiro atoms. The van der Waals surface area contributed by atoms with E-state index < -0.39 is 63.9 Å². The molecule has 22 heavy (non-hydrogen) atoms. The van der Waals surface area contributed by atoms with E-state index in [-0.39, 0.29) is 6.07 Å². The molecule has 0 bridgehead atoms. The number of halogens is 9. The van der Waals surface area contributed by atoms with Crippen LogP contribution < -0.4 is 0 Å². The van der Waals surface area contributed by atoms with E-state index in [9.17, 15) is 39.5 Å². The summed E-state index contributed by atoms with van der Waals surface area (Å²) in [6.07, 6.45) is 0. The minimum absolute atomic E-state index is 0.352. The van der Waals surface area contributed by atoms with Crippen molar-refractivity contribution in [2.75, 3.05) is 0 Å². The van der Waals surface area contributed by atoms with Crippen molar-refractivity contribution in [2.45, 2.75) is 11.8 Å². The van der Waals surface area contributed by atoms with Crippen molar-refractivity contribution in [3.8, 4) is 0 Å². The fourth-order valence-electron chi connectivity index (χ4n) is 1.91. The molecule has 0 aromatic heterocycles. The average Bonchev–Trinajstić information content (AvgIpc) is 2.46. The maximum Gasteiger partial charge on any atom is 0.315 e. The molecule has 0 saturated carbocycles. The first-order valence-electron chi connectivity index (χ1n) is 5.37. The van der Waals surface area contributed by atoms with Crippen LogP contribution >= 0.6 is 0 Å². The maximum absolute atomic E-state index is 13.6. The Bertz CT molecular complexity index is 720. The Hall–Kier alpha value is -2.13. The van der Waals surface area contributed by atoms with Crippen molar-refractivity contribution < 1.29 is 44.6 Å². The van der Waals surface area contributed by atoms with Gasteiger partial charge in [0.15, 0.2) is 40.7 Å². The van der Waals surface area contributed by atoms with E-state index in [0.29, 0.717) is 0 Å². The first kappa shape index (κ1) is 16.2. The molecule has 1 atom stereocenters. The number of alkyl halides is 2. The number of aliphatic hydroxyl groups excluding tert-OH is 1. The third kappa shape index (κ3) is 2.04. The van der Waals surface area contributed by atoms with E-state index in [1.165, 1.54) is 0 Å². The summed E-state index contributed by atoms with van der Waals surface area (Å²) in [5.41, 5.74) is -1.85. The van der Waals surface area contributed by atoms with E-state index in [1.54, 1.807) is 0 Å². The highest BCUT2D eigenvalue weighted by Gasteiger charge is 2.56. The first-order chi connectivity index (χ1) is 10.0. The van der Waals surface area contributed by atoms with E-state index in [2.05, 4.69) is 0 Å². The number of aliphatic hydroxyl groups is 1. The highest BCUT2D eigenvalue weighted by atomic mass is 19.3. The molecule has 0 amide bonds. The normalized spacial score (nSPS) is 21.6. The van der Waals surface area contributed by atoms with Crippen LogP contribution in [0.2, 0.25) is 0 Å². The predicted molar refractivity (Wildman–Crippen MR) is 54.0 cm³/mol. The highest BCUT2D eigenvalue weighted by Crippen LogP contribution is 2.52. The van der Waals surface area contributed by atoms with Crippen LogP contribution in [0, 0.1) is 23.3 Å². The average molecular weight is 334 g/mol. The lowest BCUT2D eigenvalue weighted by Gasteiger charge is -2.28. The second kappa shape index (κ2) is 4.96. The molecule has 1 N–H and O–H groups in total. The fourth-order valence-corrected chi connectivity index (χ4v) is 1.91. The van der Waals surface area contributed by atoms with Crippen LogP contribution in [-0.4, -0.2) is 11.0 Å². The number of allylic oxidation sites excluding steroid dienone is 3. The van der Waals surface area contributed by atoms with Crippen LogP contribution in [0.5, 0.6) is 0 Å². The van der Waals surface area contributed by atoms with Crippen molar-refractivity contribution >= 4 is 0 Å². The second-order valence-corrected chi connectivity index (χ2v) is 4.27. The zero-order valence-electron chi connectivity index (χ0n) is 10.0. The predicted octanol–water partition coefficient (Wildman–Crippen LogP) is 4.87. The molecular weight excluding hydrogens is 331 g/mol. The zero-order valence-corrected chi connectivity index (χ0v) is 10.0. The van der Waals surface area contributed by atoms with E-state index in [0.717, 1.165) is 0 Å². The molecule has 0 heterocycles. The number of benzene rings is 1. The lowest BCUT2D eigenvalue weighted by molar-refractivity contribution is -0.0181. The Labute approximate surface area is 116 Å². The standard InChI is InChI=1S/C12H3F9O/c13-3-1-2(5(14)8(17)6(3)15)4-7(16)9(18)10(22)11(19)12(4,20)21/h1,4,22H. The van der Waals surface area contributed by atoms with Gasteiger partial charge in [-0.2, -0.15) is 13.2 Å². The van der Waals surface area contributed by atoms with Crippen molar-refractivity contribution in [1.29, 1.82) is 0 Å². The van der Waals surface area contributed by atoms with E-state index in [4.69, 9.17) is 5.11 Å². The quantitative estimate of drug-likeness (QED) is 0.442. The van der Waals surface area contributed by atoms with Crippen LogP contribution in [-0.2, 0) is 0 Å². The Kier molecular flexibility index (Phi) is 3.66. The summed E-state index contributed by atoms with van der Waals surface area (Å²) in [6.45, 7) is 0. The lowest BCUT2D eigenvalue weighted by atomic mass is 9.85. The molecule has 120 valence electrons. The zero-order chi connectivity index (χ0) is 17.0. The monoisotopic (exact) mass is 334 g/mol. The van der Waals surface area contributed by atoms with Crippen molar-refractivity contribution in [1.82, 2.24) is 0 Å². The van der Waals surface area contributed by atoms with E-state index >= 15 is 0 Å². The molecule has 1 aromatic rings. The van der Waals surface area contributed by atoms with Crippen LogP contribution in [0.25, 0.3) is 0 Å². The van der Waals surface area contributed by atoms with Gasteiger partial charge in [-0.15, -0.1) is 0 Å². The summed E-state index contributed by atoms with van der Waals surface area (Å²) < 4.78 is 119. The number of hydrogen-bond acceptors (Lipinski definition) is 1. The molecule has 10 heteroatoms. The third-order valence-corrected chi connectivity index (χ3v) is 2.98. The van der Waals surface area contributed by atoms with Gasteiger partial charge in [0.2, 0.25) is 5.83 Å². The van der Waals surface area contributed by atoms with Crippen LogP contribution in [0.1, 0.15) is 11.5 Å². The first-order valence-corrected chi connectivity index (χ1v) is 5.37. The van der Waals surface area contributed by atoms with Gasteiger partial charge < -0.3 is 5.11 Å². The van der Waals surface area contributed by atoms with Gasteiger partial charge in [0.1, 0.15) is 5.92 Å². The van der Waals surface area contributed by atoms with Gasteiger partial charge in [0, 0.05) is 5.56 Å². The van der Waals surface area contributed by atoms with Gasteiger partial charge in [-0.05, 0) is 6.07 Å². The summed E-state index contributed by atoms with van der Waals surface area (Å²) >= 11 is 0. The van der Waals surface area contributed by atoms with Crippen molar-refractivity contribution in [3.63, 3.8) is 0 Å². The molecular formula is C12H3F9O. The van der Waals surface area contributed by atoms with E-state index in [1.807, 2.05) is 0 Å². The van der Waals surface area contributed by atoms with Crippen molar-refractivity contribution in [3.05, 3.63) is 58.1 Å². The minimum atomic E-state index is -5.05. The lowest BCUT2D eigenvalue weighted by Crippen LogP contribution is -2.33. The molecule has 1 aliphatic rings. The summed E-state index contributed by atoms with van der Waals surface area (Å²) in [7, 11) is 0. The van der Waals surface area contributed by atoms with Crippen molar-refractivity contribution in [2.24, 2.45) is 0 Å². The van der Waals surface area contributed by atoms with Gasteiger partial charge in [-0.1, -0.05) is 0 Å². The number of rotatable bonds is 1. The fraction of sp³-hybridized carbons (Fsp3) is 0.167. The van der Waals surface area contributed by atoms with Gasteiger partial charge in [-0.3, -0.25) is 0 Å². The van der Waals surface area contributed by atoms with Crippen LogP contribution in [0.15, 0.2) is 29.3 Å². The molecule has 0 fully saturated rings. The van der Waals surface area contributed by atoms with Crippen LogP contribution in [0.4, 0.5) is 39.5 Å². The van der Waals surface area contributed by atoms with Gasteiger partial charge in [-0.25, -0.2) is 26.3 Å². The highest BCUT2D eigenvalue weighted by molar-refractivity contribution is 5.44. The van der Waals surface area contributed by atoms with Gasteiger partial charge in [0.05, 0.1) is 0 Å². The van der Waals surface area contributed by atoms with Crippen LogP contribution in [0.3, 0.4) is 0 Å². The summed E-state index contributed by atoms with van der Waals surface area (Å²) in [5.74, 6) is -28.3. The molecule has 1 nitrogen and oxygen atoms in total. The maximum atomic E-state index is 13.6. The molecule has 2 rings (SSSR count). The molecule has 1 unspecified atom stereocenters. The minimum Gasteiger partial charge on any atom is -0.503 e. The molecule has 0 aliphatic heterocycles. The molecule has 1 aliphatic carbocycles. The SMILES string of the molecule is OC1=C(F)C(F)(F)C(c2cc(F)c(F)c(F)c2F)C(F)=C1F. The smallest absolute Gasteiger partial charge is 0.315 e. The largest absolute Gasteiger partial charge is 0.503 e. The van der Waals surface area contributed by atoms with Gasteiger partial charge >= 0.3 is 5.92 Å². The summed E-state index contributed by atoms with van der Waals surface area (Å²) in [5, 5.41) is 8.69. The summed E-state index contributed by atoms with van der Waals surface area (Å²) in [6, 6.07) is -0.352. The topological polar surface area (TPSA) is 20.2 Å². The Balaban J connectivity index is 2.78. The Morgan fingerprint density at radius 2 is 1.41 bits per heavy atom. The molecule has 0 saturated heterocycles. The van der Waals surface area contributed by atoms with Gasteiger partial charge in [0.25, 0.3) is 0 Å². The second-order valence-electron chi connectivity index (χ2n) is 4.27. The third-order valence-electron chi connectivity index (χ3n) is 2.98. The number of hydrogen-bond donors (Lipinski definition) is 1. The Morgan fingerprint density at radius 3 is 1.95 bits per heavy atom. The summed E-state index contributed by atoms with van der Waals surface area (Å²) in [4.78, 5) is 0. The molecule has 1 aromatic carbocycles. The molecule has 0 radical (unpaired) electrons.